The van der Waals surface area contributed by atoms with Crippen molar-refractivity contribution in [1.82, 2.24) is 9.80 Å². The molecule has 1 saturated carbocycles. The second kappa shape index (κ2) is 10.3. The van der Waals surface area contributed by atoms with Crippen molar-refractivity contribution in [3.05, 3.63) is 35.4 Å². The van der Waals surface area contributed by atoms with E-state index in [4.69, 9.17) is 5.73 Å². The number of alkyl halides is 2. The van der Waals surface area contributed by atoms with Gasteiger partial charge in [0.25, 0.3) is 5.91 Å². The van der Waals surface area contributed by atoms with Crippen molar-refractivity contribution in [2.24, 2.45) is 11.7 Å². The molecule has 2 bridgehead atoms. The van der Waals surface area contributed by atoms with Crippen molar-refractivity contribution in [1.29, 1.82) is 0 Å². The van der Waals surface area contributed by atoms with Gasteiger partial charge in [0.1, 0.15) is 6.10 Å². The standard InChI is InChI=1S/C26H37F2N3O3/c1-17(32)25(34)30(16-18-7-9-26(27,28)10-8-18)11-12-31-22-5-6-23(31)15-21(14-22)19-3-2-4-20(13-19)24(29)33/h2-4,13,17-18,21-23,32H,5-12,14-16H2,1H3,(H2,29,33)/t17-,21?,22?,23?/m0/s1. The first-order chi connectivity index (χ1) is 16.1. The summed E-state index contributed by atoms with van der Waals surface area (Å²) in [5.74, 6) is -2.88. The Hall–Kier alpha value is -2.06. The summed E-state index contributed by atoms with van der Waals surface area (Å²) < 4.78 is 27.1. The van der Waals surface area contributed by atoms with Crippen LogP contribution in [0, 0.1) is 5.92 Å². The minimum Gasteiger partial charge on any atom is -0.384 e. The predicted molar refractivity (Wildman–Crippen MR) is 126 cm³/mol. The number of hydrogen-bond donors (Lipinski definition) is 2. The molecule has 3 aliphatic rings. The molecule has 1 aromatic rings. The van der Waals surface area contributed by atoms with Crippen molar-refractivity contribution in [3.63, 3.8) is 0 Å². The maximum Gasteiger partial charge on any atom is 0.251 e. The number of primary amides is 1. The van der Waals surface area contributed by atoms with E-state index >= 15 is 0 Å². The minimum atomic E-state index is -2.59. The molecule has 0 spiro atoms. The fraction of sp³-hybridized carbons (Fsp3) is 0.692. The Labute approximate surface area is 200 Å². The van der Waals surface area contributed by atoms with E-state index in [-0.39, 0.29) is 24.7 Å². The van der Waals surface area contributed by atoms with E-state index in [0.29, 0.717) is 49.5 Å². The summed E-state index contributed by atoms with van der Waals surface area (Å²) in [4.78, 5) is 28.5. The summed E-state index contributed by atoms with van der Waals surface area (Å²) in [6.07, 6.45) is 3.71. The second-order valence-corrected chi connectivity index (χ2v) is 10.5. The Kier molecular flexibility index (Phi) is 7.57. The van der Waals surface area contributed by atoms with E-state index in [1.54, 1.807) is 11.0 Å². The summed E-state index contributed by atoms with van der Waals surface area (Å²) in [6, 6.07) is 8.46. The number of fused-ring (bicyclic) bond motifs is 2. The molecular formula is C26H37F2N3O3. The number of aliphatic hydroxyl groups is 1. The Bertz CT molecular complexity index is 870. The number of carbonyl (C=O) groups excluding carboxylic acids is 2. The van der Waals surface area contributed by atoms with Gasteiger partial charge in [-0.05, 0) is 75.0 Å². The van der Waals surface area contributed by atoms with Gasteiger partial charge in [-0.1, -0.05) is 12.1 Å². The van der Waals surface area contributed by atoms with Crippen LogP contribution < -0.4 is 5.73 Å². The van der Waals surface area contributed by atoms with Gasteiger partial charge < -0.3 is 15.7 Å². The fourth-order valence-corrected chi connectivity index (χ4v) is 6.24. The smallest absolute Gasteiger partial charge is 0.251 e. The van der Waals surface area contributed by atoms with E-state index in [9.17, 15) is 23.5 Å². The van der Waals surface area contributed by atoms with Crippen LogP contribution in [0.3, 0.4) is 0 Å². The summed E-state index contributed by atoms with van der Waals surface area (Å²) >= 11 is 0. The molecule has 1 aliphatic carbocycles. The summed E-state index contributed by atoms with van der Waals surface area (Å²) in [5, 5.41) is 9.92. The van der Waals surface area contributed by atoms with Gasteiger partial charge in [0.2, 0.25) is 11.8 Å². The van der Waals surface area contributed by atoms with Gasteiger partial charge in [0.05, 0.1) is 0 Å². The number of carbonyl (C=O) groups is 2. The molecule has 2 heterocycles. The van der Waals surface area contributed by atoms with E-state index in [1.165, 1.54) is 6.92 Å². The molecule has 3 atom stereocenters. The highest BCUT2D eigenvalue weighted by atomic mass is 19.3. The molecule has 34 heavy (non-hydrogen) atoms. The third kappa shape index (κ3) is 5.77. The zero-order chi connectivity index (χ0) is 24.5. The molecule has 8 heteroatoms. The molecule has 2 amide bonds. The van der Waals surface area contributed by atoms with Crippen LogP contribution in [0.5, 0.6) is 0 Å². The van der Waals surface area contributed by atoms with Crippen LogP contribution >= 0.6 is 0 Å². The van der Waals surface area contributed by atoms with Gasteiger partial charge in [0, 0.05) is 50.1 Å². The monoisotopic (exact) mass is 477 g/mol. The number of nitrogens with zero attached hydrogens (tertiary/aromatic N) is 2. The van der Waals surface area contributed by atoms with Crippen LogP contribution in [-0.2, 0) is 4.79 Å². The molecular weight excluding hydrogens is 440 g/mol. The number of aliphatic hydroxyl groups excluding tert-OH is 1. The normalized spacial score (nSPS) is 27.9. The third-order valence-corrected chi connectivity index (χ3v) is 8.14. The largest absolute Gasteiger partial charge is 0.384 e. The van der Waals surface area contributed by atoms with Crippen LogP contribution in [0.4, 0.5) is 8.78 Å². The molecule has 188 valence electrons. The van der Waals surface area contributed by atoms with Gasteiger partial charge in [-0.15, -0.1) is 0 Å². The lowest BCUT2D eigenvalue weighted by molar-refractivity contribution is -0.141. The lowest BCUT2D eigenvalue weighted by Gasteiger charge is -2.41. The molecule has 6 nitrogen and oxygen atoms in total. The second-order valence-electron chi connectivity index (χ2n) is 10.5. The molecule has 0 radical (unpaired) electrons. The average Bonchev–Trinajstić information content (AvgIpc) is 3.03. The van der Waals surface area contributed by atoms with Crippen molar-refractivity contribution in [3.8, 4) is 0 Å². The van der Waals surface area contributed by atoms with Crippen LogP contribution in [0.1, 0.15) is 80.1 Å². The maximum absolute atomic E-state index is 13.6. The van der Waals surface area contributed by atoms with Gasteiger partial charge in [0.15, 0.2) is 0 Å². The molecule has 1 aromatic carbocycles. The highest BCUT2D eigenvalue weighted by molar-refractivity contribution is 5.92. The van der Waals surface area contributed by atoms with E-state index in [1.807, 2.05) is 12.1 Å². The SMILES string of the molecule is C[C@H](O)C(=O)N(CCN1C2CCC1CC(c1cccc(C(N)=O)c1)C2)CC1CCC(F)(F)CC1. The number of amides is 2. The summed E-state index contributed by atoms with van der Waals surface area (Å²) in [5.41, 5.74) is 7.16. The van der Waals surface area contributed by atoms with Crippen LogP contribution in [0.2, 0.25) is 0 Å². The minimum absolute atomic E-state index is 0.0577. The lowest BCUT2D eigenvalue weighted by Crippen LogP contribution is -2.49. The molecule has 4 rings (SSSR count). The van der Waals surface area contributed by atoms with Crippen molar-refractivity contribution < 1.29 is 23.5 Å². The molecule has 0 aromatic heterocycles. The number of hydrogen-bond acceptors (Lipinski definition) is 4. The van der Waals surface area contributed by atoms with Crippen molar-refractivity contribution >= 4 is 11.8 Å². The van der Waals surface area contributed by atoms with E-state index in [0.717, 1.165) is 37.8 Å². The molecule has 3 N–H and O–H groups in total. The topological polar surface area (TPSA) is 86.9 Å². The van der Waals surface area contributed by atoms with Gasteiger partial charge in [-0.2, -0.15) is 0 Å². The van der Waals surface area contributed by atoms with Crippen molar-refractivity contribution in [2.45, 2.75) is 88.3 Å². The number of nitrogens with two attached hydrogens (primary N) is 1. The summed E-state index contributed by atoms with van der Waals surface area (Å²) in [7, 11) is 0. The summed E-state index contributed by atoms with van der Waals surface area (Å²) in [6.45, 7) is 3.14. The predicted octanol–water partition coefficient (Wildman–Crippen LogP) is 3.53. The zero-order valence-corrected chi connectivity index (χ0v) is 20.0. The Balaban J connectivity index is 1.36. The van der Waals surface area contributed by atoms with Gasteiger partial charge in [-0.25, -0.2) is 8.78 Å². The molecule has 2 aliphatic heterocycles. The Morgan fingerprint density at radius 1 is 1.18 bits per heavy atom. The zero-order valence-electron chi connectivity index (χ0n) is 20.0. The number of halogens is 2. The molecule has 3 fully saturated rings. The lowest BCUT2D eigenvalue weighted by atomic mass is 9.84. The number of benzene rings is 1. The Morgan fingerprint density at radius 2 is 1.82 bits per heavy atom. The number of rotatable bonds is 8. The van der Waals surface area contributed by atoms with Crippen LogP contribution in [-0.4, -0.2) is 70.5 Å². The third-order valence-electron chi connectivity index (χ3n) is 8.14. The first-order valence-electron chi connectivity index (χ1n) is 12.6. The first-order valence-corrected chi connectivity index (χ1v) is 12.6. The highest BCUT2D eigenvalue weighted by Crippen LogP contribution is 2.43. The van der Waals surface area contributed by atoms with Crippen LogP contribution in [0.15, 0.2) is 24.3 Å². The molecule has 2 unspecified atom stereocenters. The first kappa shape index (κ1) is 25.0. The Morgan fingerprint density at radius 3 is 2.41 bits per heavy atom. The quantitative estimate of drug-likeness (QED) is 0.600. The average molecular weight is 478 g/mol. The van der Waals surface area contributed by atoms with Gasteiger partial charge >= 0.3 is 0 Å². The fourth-order valence-electron chi connectivity index (χ4n) is 6.24. The van der Waals surface area contributed by atoms with Crippen LogP contribution in [0.25, 0.3) is 0 Å². The van der Waals surface area contributed by atoms with E-state index < -0.39 is 17.9 Å². The number of piperidine rings is 1. The molecule has 2 saturated heterocycles. The van der Waals surface area contributed by atoms with Crippen molar-refractivity contribution in [2.75, 3.05) is 19.6 Å². The van der Waals surface area contributed by atoms with Gasteiger partial charge in [-0.3, -0.25) is 14.5 Å². The van der Waals surface area contributed by atoms with E-state index in [2.05, 4.69) is 11.0 Å². The highest BCUT2D eigenvalue weighted by Gasteiger charge is 2.41. The maximum atomic E-state index is 13.6.